The number of nitrogens with zero attached hydrogens (tertiary/aromatic N) is 2. The number of aromatic nitrogens is 2. The van der Waals surface area contributed by atoms with Gasteiger partial charge in [0, 0.05) is 30.0 Å². The van der Waals surface area contributed by atoms with Crippen LogP contribution in [-0.2, 0) is 27.6 Å². The lowest BCUT2D eigenvalue weighted by atomic mass is 9.87. The largest absolute Gasteiger partial charge is 0.355 e. The molecule has 0 bridgehead atoms. The minimum Gasteiger partial charge on any atom is -0.355 e. The van der Waals surface area contributed by atoms with Crippen molar-refractivity contribution in [2.45, 2.75) is 69.9 Å². The average molecular weight is 365 g/mol. The lowest BCUT2D eigenvalue weighted by Crippen LogP contribution is -2.29. The van der Waals surface area contributed by atoms with Gasteiger partial charge >= 0.3 is 0 Å². The van der Waals surface area contributed by atoms with Gasteiger partial charge in [0.2, 0.25) is 11.8 Å². The van der Waals surface area contributed by atoms with E-state index >= 15 is 0 Å². The molecule has 2 aliphatic rings. The van der Waals surface area contributed by atoms with Gasteiger partial charge in [-0.2, -0.15) is 16.9 Å². The maximum absolute atomic E-state index is 12.5. The Labute approximate surface area is 153 Å². The third-order valence-corrected chi connectivity index (χ3v) is 5.91. The Bertz CT molecular complexity index is 623. The standard InChI is InChI=1S/C18H28N4O2S/c1-2-8-19-17(24)10-22-18(14-11-25-12-15(14)21-22)20-16(23)9-13-6-4-3-5-7-13/h13H,2-12H2,1H3,(H,19,24)(H,20,23). The topological polar surface area (TPSA) is 76.0 Å². The first-order chi connectivity index (χ1) is 12.2. The van der Waals surface area contributed by atoms with Crippen LogP contribution in [0.4, 0.5) is 5.82 Å². The maximum Gasteiger partial charge on any atom is 0.241 e. The minimum absolute atomic E-state index is 0.0570. The van der Waals surface area contributed by atoms with Crippen LogP contribution in [0.1, 0.15) is 63.1 Å². The molecule has 2 heterocycles. The molecule has 6 nitrogen and oxygen atoms in total. The summed E-state index contributed by atoms with van der Waals surface area (Å²) in [6, 6.07) is 0. The third kappa shape index (κ3) is 4.77. The molecule has 0 unspecified atom stereocenters. The SMILES string of the molecule is CCCNC(=O)Cn1nc2c(c1NC(=O)CC1CCCCC1)CSC2. The van der Waals surface area contributed by atoms with E-state index in [-0.39, 0.29) is 18.4 Å². The van der Waals surface area contributed by atoms with E-state index < -0.39 is 0 Å². The van der Waals surface area contributed by atoms with Crippen molar-refractivity contribution in [3.8, 4) is 0 Å². The second-order valence-electron chi connectivity index (χ2n) is 7.03. The zero-order valence-electron chi connectivity index (χ0n) is 15.0. The van der Waals surface area contributed by atoms with Gasteiger partial charge in [-0.1, -0.05) is 26.2 Å². The number of carbonyl (C=O) groups excluding carboxylic acids is 2. The highest BCUT2D eigenvalue weighted by atomic mass is 32.2. The van der Waals surface area contributed by atoms with Crippen LogP contribution in [-0.4, -0.2) is 28.1 Å². The molecule has 1 fully saturated rings. The van der Waals surface area contributed by atoms with Crippen molar-refractivity contribution in [1.82, 2.24) is 15.1 Å². The van der Waals surface area contributed by atoms with Crippen LogP contribution in [0.2, 0.25) is 0 Å². The van der Waals surface area contributed by atoms with Crippen LogP contribution in [0.5, 0.6) is 0 Å². The van der Waals surface area contributed by atoms with Crippen LogP contribution in [0.15, 0.2) is 0 Å². The summed E-state index contributed by atoms with van der Waals surface area (Å²) in [5.41, 5.74) is 2.09. The summed E-state index contributed by atoms with van der Waals surface area (Å²) in [7, 11) is 0. The molecule has 1 aromatic heterocycles. The predicted molar refractivity (Wildman–Crippen MR) is 100 cm³/mol. The molecule has 7 heteroatoms. The van der Waals surface area contributed by atoms with E-state index in [0.717, 1.165) is 47.8 Å². The van der Waals surface area contributed by atoms with E-state index in [1.54, 1.807) is 16.4 Å². The van der Waals surface area contributed by atoms with Crippen molar-refractivity contribution in [1.29, 1.82) is 0 Å². The van der Waals surface area contributed by atoms with Crippen molar-refractivity contribution in [3.05, 3.63) is 11.3 Å². The maximum atomic E-state index is 12.5. The number of carbonyl (C=O) groups is 2. The fourth-order valence-corrected chi connectivity index (χ4v) is 4.65. The number of fused-ring (bicyclic) bond motifs is 1. The number of rotatable bonds is 7. The Kier molecular flexibility index (Phi) is 6.39. The van der Waals surface area contributed by atoms with Crippen LogP contribution in [0, 0.1) is 5.92 Å². The van der Waals surface area contributed by atoms with Gasteiger partial charge in [0.25, 0.3) is 0 Å². The minimum atomic E-state index is -0.0570. The van der Waals surface area contributed by atoms with E-state index in [0.29, 0.717) is 18.9 Å². The molecule has 1 saturated carbocycles. The molecular formula is C18H28N4O2S. The Hall–Kier alpha value is -1.50. The van der Waals surface area contributed by atoms with Gasteiger partial charge in [-0.05, 0) is 25.2 Å². The first kappa shape index (κ1) is 18.3. The zero-order valence-corrected chi connectivity index (χ0v) is 15.8. The molecule has 3 rings (SSSR count). The highest BCUT2D eigenvalue weighted by Gasteiger charge is 2.26. The lowest BCUT2D eigenvalue weighted by Gasteiger charge is -2.21. The third-order valence-electron chi connectivity index (χ3n) is 4.94. The van der Waals surface area contributed by atoms with Gasteiger partial charge in [0.05, 0.1) is 5.69 Å². The molecule has 0 spiro atoms. The van der Waals surface area contributed by atoms with Gasteiger partial charge in [0.15, 0.2) is 0 Å². The predicted octanol–water partition coefficient (Wildman–Crippen LogP) is 3.07. The molecule has 138 valence electrons. The van der Waals surface area contributed by atoms with Crippen molar-refractivity contribution < 1.29 is 9.59 Å². The molecule has 25 heavy (non-hydrogen) atoms. The summed E-state index contributed by atoms with van der Waals surface area (Å²) in [5, 5.41) is 10.5. The summed E-state index contributed by atoms with van der Waals surface area (Å²) in [5.74, 6) is 2.93. The normalized spacial score (nSPS) is 17.3. The monoisotopic (exact) mass is 364 g/mol. The van der Waals surface area contributed by atoms with E-state index in [9.17, 15) is 9.59 Å². The van der Waals surface area contributed by atoms with Crippen LogP contribution < -0.4 is 10.6 Å². The van der Waals surface area contributed by atoms with Crippen molar-refractivity contribution in [2.75, 3.05) is 11.9 Å². The Morgan fingerprint density at radius 1 is 1.20 bits per heavy atom. The Morgan fingerprint density at radius 3 is 2.76 bits per heavy atom. The molecule has 0 saturated heterocycles. The number of hydrogen-bond acceptors (Lipinski definition) is 4. The van der Waals surface area contributed by atoms with E-state index in [1.165, 1.54) is 19.3 Å². The van der Waals surface area contributed by atoms with Gasteiger partial charge in [-0.15, -0.1) is 0 Å². The summed E-state index contributed by atoms with van der Waals surface area (Å²) < 4.78 is 1.67. The Morgan fingerprint density at radius 2 is 2.00 bits per heavy atom. The number of nitrogens with one attached hydrogen (secondary N) is 2. The number of anilines is 1. The van der Waals surface area contributed by atoms with Crippen LogP contribution >= 0.6 is 11.8 Å². The van der Waals surface area contributed by atoms with Crippen molar-refractivity contribution >= 4 is 29.4 Å². The number of thioether (sulfide) groups is 1. The molecule has 0 radical (unpaired) electrons. The van der Waals surface area contributed by atoms with E-state index in [1.807, 2.05) is 6.92 Å². The number of amides is 2. The number of hydrogen-bond donors (Lipinski definition) is 2. The second-order valence-corrected chi connectivity index (χ2v) is 8.02. The molecule has 2 N–H and O–H groups in total. The van der Waals surface area contributed by atoms with Gasteiger partial charge in [0.1, 0.15) is 12.4 Å². The first-order valence-corrected chi connectivity index (χ1v) is 10.6. The fraction of sp³-hybridized carbons (Fsp3) is 0.722. The lowest BCUT2D eigenvalue weighted by molar-refractivity contribution is -0.122. The van der Waals surface area contributed by atoms with Crippen LogP contribution in [0.25, 0.3) is 0 Å². The summed E-state index contributed by atoms with van der Waals surface area (Å²) in [6.07, 6.45) is 7.56. The smallest absolute Gasteiger partial charge is 0.241 e. The fourth-order valence-electron chi connectivity index (χ4n) is 3.61. The summed E-state index contributed by atoms with van der Waals surface area (Å²) in [6.45, 7) is 2.85. The molecular weight excluding hydrogens is 336 g/mol. The average Bonchev–Trinajstić information content (AvgIpc) is 3.17. The molecule has 0 aromatic carbocycles. The second kappa shape index (κ2) is 8.74. The van der Waals surface area contributed by atoms with Gasteiger partial charge < -0.3 is 10.6 Å². The van der Waals surface area contributed by atoms with Crippen LogP contribution in [0.3, 0.4) is 0 Å². The van der Waals surface area contributed by atoms with E-state index in [4.69, 9.17) is 0 Å². The molecule has 0 atom stereocenters. The first-order valence-electron chi connectivity index (χ1n) is 9.40. The molecule has 2 amide bonds. The van der Waals surface area contributed by atoms with E-state index in [2.05, 4.69) is 15.7 Å². The summed E-state index contributed by atoms with van der Waals surface area (Å²) >= 11 is 1.80. The summed E-state index contributed by atoms with van der Waals surface area (Å²) in [4.78, 5) is 24.6. The van der Waals surface area contributed by atoms with Gasteiger partial charge in [-0.3, -0.25) is 9.59 Å². The van der Waals surface area contributed by atoms with Gasteiger partial charge in [-0.25, -0.2) is 4.68 Å². The quantitative estimate of drug-likeness (QED) is 0.780. The zero-order chi connectivity index (χ0) is 17.6. The highest BCUT2D eigenvalue weighted by Crippen LogP contribution is 2.35. The molecule has 1 aromatic rings. The Balaban J connectivity index is 1.66. The molecule has 1 aliphatic carbocycles. The highest BCUT2D eigenvalue weighted by molar-refractivity contribution is 7.98. The molecule has 1 aliphatic heterocycles. The van der Waals surface area contributed by atoms with Crippen molar-refractivity contribution in [3.63, 3.8) is 0 Å². The van der Waals surface area contributed by atoms with Crippen molar-refractivity contribution in [2.24, 2.45) is 5.92 Å².